The Morgan fingerprint density at radius 2 is 1.46 bits per heavy atom. The fraction of sp³-hybridized carbons (Fsp3) is 0.565. The van der Waals surface area contributed by atoms with E-state index in [9.17, 15) is 38.8 Å². The van der Waals surface area contributed by atoms with Gasteiger partial charge in [0.05, 0.1) is 4.75 Å². The summed E-state index contributed by atoms with van der Waals surface area (Å²) >= 11 is 0. The van der Waals surface area contributed by atoms with Gasteiger partial charge in [0.1, 0.15) is 5.67 Å². The number of rotatable bonds is 4. The third-order valence-corrected chi connectivity index (χ3v) is 13.1. The van der Waals surface area contributed by atoms with Gasteiger partial charge in [-0.1, -0.05) is 30.3 Å². The third-order valence-electron chi connectivity index (χ3n) is 7.79. The molecule has 4 nitrogen and oxygen atoms in total. The van der Waals surface area contributed by atoms with Crippen molar-refractivity contribution in [1.82, 2.24) is 0 Å². The molecule has 0 radical (unpaired) electrons. The molecular formula is C23H22F6O4S2. The van der Waals surface area contributed by atoms with Crippen LogP contribution < -0.4 is 10.4 Å². The number of alkyl halides is 6. The van der Waals surface area contributed by atoms with Crippen molar-refractivity contribution in [2.45, 2.75) is 66.8 Å². The van der Waals surface area contributed by atoms with Crippen LogP contribution in [0.15, 0.2) is 34.1 Å². The van der Waals surface area contributed by atoms with Crippen molar-refractivity contribution in [2.75, 3.05) is 0 Å². The van der Waals surface area contributed by atoms with Crippen molar-refractivity contribution >= 4 is 31.8 Å². The van der Waals surface area contributed by atoms with E-state index in [4.69, 9.17) is 0 Å². The highest BCUT2D eigenvalue weighted by Crippen LogP contribution is 2.63. The van der Waals surface area contributed by atoms with E-state index in [1.54, 1.807) is 12.1 Å². The molecule has 0 aliphatic heterocycles. The number of benzene rings is 1. The van der Waals surface area contributed by atoms with E-state index in [1.807, 2.05) is 0 Å². The highest BCUT2D eigenvalue weighted by atomic mass is 32.3. The van der Waals surface area contributed by atoms with Crippen LogP contribution in [-0.2, 0) is 19.7 Å². The molecule has 0 heterocycles. The molecule has 0 spiro atoms. The molecular weight excluding hydrogens is 518 g/mol. The monoisotopic (exact) mass is 540 g/mol. The minimum atomic E-state index is -6.77. The van der Waals surface area contributed by atoms with E-state index in [0.717, 1.165) is 6.08 Å². The van der Waals surface area contributed by atoms with Crippen LogP contribution in [0.1, 0.15) is 44.9 Å². The fourth-order valence-electron chi connectivity index (χ4n) is 6.78. The number of fused-ring (bicyclic) bond motifs is 1. The van der Waals surface area contributed by atoms with Crippen molar-refractivity contribution in [3.05, 3.63) is 44.5 Å². The SMILES string of the molecule is O=S(=O)(/C(=C1\C=c2ccccc2=CC1)S(=O)(=O)C(F)(F)C(F)(F)F)C12CC3CC(CC(F)(C3)C1)C2. The summed E-state index contributed by atoms with van der Waals surface area (Å²) in [4.78, 5) is 0. The summed E-state index contributed by atoms with van der Waals surface area (Å²) < 4.78 is 134. The number of hydrogen-bond acceptors (Lipinski definition) is 4. The Labute approximate surface area is 198 Å². The second kappa shape index (κ2) is 7.36. The van der Waals surface area contributed by atoms with Gasteiger partial charge in [0.15, 0.2) is 14.1 Å². The van der Waals surface area contributed by atoms with Crippen molar-refractivity contribution in [1.29, 1.82) is 0 Å². The normalized spacial score (nSPS) is 34.1. The minimum absolute atomic E-state index is 0.0748. The lowest BCUT2D eigenvalue weighted by molar-refractivity contribution is -0.240. The van der Waals surface area contributed by atoms with Gasteiger partial charge in [-0.05, 0) is 72.4 Å². The maximum Gasteiger partial charge on any atom is 0.469 e. The lowest BCUT2D eigenvalue weighted by Gasteiger charge is -2.58. The maximum atomic E-state index is 15.5. The van der Waals surface area contributed by atoms with Crippen LogP contribution in [0.25, 0.3) is 12.2 Å². The first-order chi connectivity index (χ1) is 16.0. The Morgan fingerprint density at radius 1 is 0.886 bits per heavy atom. The van der Waals surface area contributed by atoms with E-state index >= 15 is 4.39 Å². The first kappa shape index (κ1) is 24.9. The van der Waals surface area contributed by atoms with Gasteiger partial charge in [0.2, 0.25) is 0 Å². The fourth-order valence-corrected chi connectivity index (χ4v) is 12.0. The molecule has 0 N–H and O–H groups in total. The van der Waals surface area contributed by atoms with E-state index in [1.165, 1.54) is 18.2 Å². The van der Waals surface area contributed by atoms with Gasteiger partial charge in [-0.25, -0.2) is 21.2 Å². The summed E-state index contributed by atoms with van der Waals surface area (Å²) in [6.45, 7) is 0. The van der Waals surface area contributed by atoms with Crippen molar-refractivity contribution < 1.29 is 43.2 Å². The number of hydrogen-bond donors (Lipinski definition) is 0. The molecule has 4 fully saturated rings. The quantitative estimate of drug-likeness (QED) is 0.544. The summed E-state index contributed by atoms with van der Waals surface area (Å²) in [5, 5.41) is -5.53. The molecule has 0 amide bonds. The zero-order valence-corrected chi connectivity index (χ0v) is 19.9. The Hall–Kier alpha value is -1.82. The van der Waals surface area contributed by atoms with Gasteiger partial charge in [-0.15, -0.1) is 0 Å². The molecule has 0 aromatic heterocycles. The van der Waals surface area contributed by atoms with Crippen LogP contribution in [0.2, 0.25) is 0 Å². The van der Waals surface area contributed by atoms with Crippen LogP contribution in [0, 0.1) is 11.8 Å². The molecule has 192 valence electrons. The van der Waals surface area contributed by atoms with Crippen LogP contribution in [0.5, 0.6) is 0 Å². The third kappa shape index (κ3) is 3.53. The maximum absolute atomic E-state index is 15.5. The lowest BCUT2D eigenvalue weighted by atomic mass is 9.54. The first-order valence-electron chi connectivity index (χ1n) is 11.1. The molecule has 35 heavy (non-hydrogen) atoms. The van der Waals surface area contributed by atoms with E-state index < -0.39 is 76.0 Å². The van der Waals surface area contributed by atoms with Crippen molar-refractivity contribution in [2.24, 2.45) is 11.8 Å². The molecule has 4 saturated carbocycles. The van der Waals surface area contributed by atoms with Crippen LogP contribution in [0.4, 0.5) is 26.3 Å². The first-order valence-corrected chi connectivity index (χ1v) is 14.1. The van der Waals surface area contributed by atoms with E-state index in [-0.39, 0.29) is 30.9 Å². The molecule has 5 aliphatic rings. The molecule has 2 atom stereocenters. The predicted octanol–water partition coefficient (Wildman–Crippen LogP) is 3.91. The average molecular weight is 541 g/mol. The highest BCUT2D eigenvalue weighted by molar-refractivity contribution is 8.15. The standard InChI is InChI=1S/C23H22F6O4S2/c24-20-9-14-7-15(10-20)12-21(11-14,13-20)34(30,31)19(35(32,33)23(28,29)22(25,26)27)18-6-5-16-3-1-2-4-17(16)8-18/h1-5,8,14-15H,6-7,9-13H2/b19-18+. The molecule has 5 aliphatic carbocycles. The number of allylic oxidation sites excluding steroid dienone is 1. The molecule has 0 saturated heterocycles. The molecule has 6 rings (SSSR count). The van der Waals surface area contributed by atoms with Crippen molar-refractivity contribution in [3.8, 4) is 0 Å². The Kier molecular flexibility index (Phi) is 5.23. The Morgan fingerprint density at radius 3 is 2.00 bits per heavy atom. The molecule has 1 aromatic rings. The zero-order chi connectivity index (χ0) is 25.7. The molecule has 12 heteroatoms. The van der Waals surface area contributed by atoms with Gasteiger partial charge in [-0.2, -0.15) is 22.0 Å². The molecule has 4 bridgehead atoms. The summed E-state index contributed by atoms with van der Waals surface area (Å²) in [6.07, 6.45) is -4.91. The summed E-state index contributed by atoms with van der Waals surface area (Å²) in [7, 11) is -12.1. The molecule has 1 aromatic carbocycles. The second-order valence-corrected chi connectivity index (χ2v) is 14.8. The second-order valence-electron chi connectivity index (χ2n) is 10.3. The van der Waals surface area contributed by atoms with Gasteiger partial charge >= 0.3 is 11.4 Å². The number of halogens is 6. The summed E-state index contributed by atoms with van der Waals surface area (Å²) in [6, 6.07) is 6.25. The highest BCUT2D eigenvalue weighted by Gasteiger charge is 2.72. The lowest BCUT2D eigenvalue weighted by Crippen LogP contribution is -2.61. The predicted molar refractivity (Wildman–Crippen MR) is 116 cm³/mol. The van der Waals surface area contributed by atoms with Gasteiger partial charge < -0.3 is 0 Å². The Bertz CT molecular complexity index is 1440. The summed E-state index contributed by atoms with van der Waals surface area (Å²) in [5.41, 5.74) is -2.59. The molecule has 2 unspecified atom stereocenters. The van der Waals surface area contributed by atoms with Crippen LogP contribution in [-0.4, -0.2) is 38.7 Å². The number of sulfone groups is 2. The largest absolute Gasteiger partial charge is 0.469 e. The summed E-state index contributed by atoms with van der Waals surface area (Å²) in [5.74, 6) is -0.813. The average Bonchev–Trinajstić information content (AvgIpc) is 2.70. The Balaban J connectivity index is 1.79. The van der Waals surface area contributed by atoms with E-state index in [0.29, 0.717) is 11.6 Å². The minimum Gasteiger partial charge on any atom is -0.244 e. The van der Waals surface area contributed by atoms with Crippen molar-refractivity contribution in [3.63, 3.8) is 0 Å². The topological polar surface area (TPSA) is 68.3 Å². The van der Waals surface area contributed by atoms with E-state index in [2.05, 4.69) is 0 Å². The van der Waals surface area contributed by atoms with Gasteiger partial charge in [-0.3, -0.25) is 0 Å². The van der Waals surface area contributed by atoms with Gasteiger partial charge in [0, 0.05) is 6.42 Å². The smallest absolute Gasteiger partial charge is 0.244 e. The van der Waals surface area contributed by atoms with Crippen LogP contribution >= 0.6 is 0 Å². The van der Waals surface area contributed by atoms with Gasteiger partial charge in [0.25, 0.3) is 9.84 Å². The zero-order valence-electron chi connectivity index (χ0n) is 18.3. The van der Waals surface area contributed by atoms with Crippen LogP contribution in [0.3, 0.4) is 0 Å².